The molecule has 0 bridgehead atoms. The second-order valence-corrected chi connectivity index (χ2v) is 2.78. The highest BCUT2D eigenvalue weighted by atomic mass is 16.6. The number of esters is 1. The lowest BCUT2D eigenvalue weighted by molar-refractivity contribution is -0.153. The Labute approximate surface area is 74.3 Å². The van der Waals surface area contributed by atoms with Crippen molar-refractivity contribution in [1.29, 1.82) is 0 Å². The second kappa shape index (κ2) is 4.82. The molecule has 12 heavy (non-hydrogen) atoms. The van der Waals surface area contributed by atoms with E-state index in [1.165, 1.54) is 0 Å². The van der Waals surface area contributed by atoms with Crippen LogP contribution in [0, 0.1) is 12.3 Å². The van der Waals surface area contributed by atoms with E-state index in [0.29, 0.717) is 0 Å². The van der Waals surface area contributed by atoms with Crippen LogP contribution in [0.15, 0.2) is 0 Å². The van der Waals surface area contributed by atoms with E-state index in [0.717, 1.165) is 19.3 Å². The lowest BCUT2D eigenvalue weighted by Crippen LogP contribution is -2.32. The van der Waals surface area contributed by atoms with Gasteiger partial charge >= 0.3 is 5.97 Å². The van der Waals surface area contributed by atoms with Crippen LogP contribution >= 0.6 is 0 Å². The smallest absolute Gasteiger partial charge is 0.384 e. The number of carbonyl (C=O) groups excluding carboxylic acids is 1. The monoisotopic (exact) mass is 168 g/mol. The van der Waals surface area contributed by atoms with Crippen molar-refractivity contribution in [2.45, 2.75) is 45.6 Å². The molecule has 0 saturated heterocycles. The van der Waals surface area contributed by atoms with Gasteiger partial charge in [-0.3, -0.25) is 0 Å². The van der Waals surface area contributed by atoms with E-state index in [9.17, 15) is 4.79 Å². The van der Waals surface area contributed by atoms with Gasteiger partial charge in [0.05, 0.1) is 0 Å². The fourth-order valence-corrected chi connectivity index (χ4v) is 1.19. The van der Waals surface area contributed by atoms with Crippen molar-refractivity contribution in [3.63, 3.8) is 0 Å². The fraction of sp³-hybridized carbons (Fsp3) is 0.700. The van der Waals surface area contributed by atoms with Gasteiger partial charge in [0.25, 0.3) is 0 Å². The zero-order chi connectivity index (χ0) is 9.61. The Morgan fingerprint density at radius 1 is 1.33 bits per heavy atom. The van der Waals surface area contributed by atoms with Crippen LogP contribution < -0.4 is 0 Å². The van der Waals surface area contributed by atoms with Gasteiger partial charge in [0.15, 0.2) is 0 Å². The van der Waals surface area contributed by atoms with Crippen molar-refractivity contribution < 1.29 is 9.53 Å². The number of hydrogen-bond donors (Lipinski definition) is 0. The molecule has 0 aromatic carbocycles. The summed E-state index contributed by atoms with van der Waals surface area (Å²) in [5, 5.41) is 0. The molecule has 0 unspecified atom stereocenters. The molecule has 0 radical (unpaired) electrons. The Morgan fingerprint density at radius 3 is 2.00 bits per heavy atom. The zero-order valence-electron chi connectivity index (χ0n) is 8.02. The van der Waals surface area contributed by atoms with E-state index in [1.807, 2.05) is 26.7 Å². The fourth-order valence-electron chi connectivity index (χ4n) is 1.19. The third-order valence-corrected chi connectivity index (χ3v) is 2.36. The van der Waals surface area contributed by atoms with Crippen LogP contribution in [-0.2, 0) is 9.53 Å². The molecule has 0 saturated carbocycles. The summed E-state index contributed by atoms with van der Waals surface area (Å²) < 4.78 is 5.16. The SMILES string of the molecule is C#CC(=O)OC(CC)(CC)CC. The molecule has 0 aromatic rings. The maximum absolute atomic E-state index is 10.8. The predicted molar refractivity (Wildman–Crippen MR) is 48.5 cm³/mol. The van der Waals surface area contributed by atoms with Crippen LogP contribution in [0.1, 0.15) is 40.0 Å². The minimum Gasteiger partial charge on any atom is -0.450 e. The largest absolute Gasteiger partial charge is 0.450 e. The quantitative estimate of drug-likeness (QED) is 0.365. The summed E-state index contributed by atoms with van der Waals surface area (Å²) in [7, 11) is 0. The molecule has 0 aliphatic rings. The van der Waals surface area contributed by atoms with Crippen LogP contribution in [-0.4, -0.2) is 11.6 Å². The van der Waals surface area contributed by atoms with Gasteiger partial charge in [0.2, 0.25) is 0 Å². The van der Waals surface area contributed by atoms with Crippen LogP contribution in [0.2, 0.25) is 0 Å². The molecule has 2 nitrogen and oxygen atoms in total. The number of ether oxygens (including phenoxy) is 1. The summed E-state index contributed by atoms with van der Waals surface area (Å²) in [5.74, 6) is 1.41. The van der Waals surface area contributed by atoms with Crippen molar-refractivity contribution in [2.24, 2.45) is 0 Å². The van der Waals surface area contributed by atoms with E-state index >= 15 is 0 Å². The Balaban J connectivity index is 4.32. The predicted octanol–water partition coefficient (Wildman–Crippen LogP) is 2.13. The van der Waals surface area contributed by atoms with Gasteiger partial charge in [0, 0.05) is 5.92 Å². The first kappa shape index (κ1) is 11.0. The molecule has 68 valence electrons. The Hall–Kier alpha value is -0.970. The summed E-state index contributed by atoms with van der Waals surface area (Å²) in [6.07, 6.45) is 7.36. The third-order valence-electron chi connectivity index (χ3n) is 2.36. The summed E-state index contributed by atoms with van der Waals surface area (Å²) in [6, 6.07) is 0. The highest BCUT2D eigenvalue weighted by Crippen LogP contribution is 2.24. The first-order chi connectivity index (χ1) is 5.64. The molecule has 0 N–H and O–H groups in total. The minimum absolute atomic E-state index is 0.344. The maximum atomic E-state index is 10.8. The molecule has 0 fully saturated rings. The van der Waals surface area contributed by atoms with Gasteiger partial charge < -0.3 is 4.74 Å². The number of terminal acetylenes is 1. The van der Waals surface area contributed by atoms with Crippen molar-refractivity contribution >= 4 is 5.97 Å². The first-order valence-corrected chi connectivity index (χ1v) is 4.33. The van der Waals surface area contributed by atoms with Gasteiger partial charge in [-0.25, -0.2) is 4.79 Å². The molecule has 0 rings (SSSR count). The highest BCUT2D eigenvalue weighted by Gasteiger charge is 2.27. The molecule has 0 aromatic heterocycles. The highest BCUT2D eigenvalue weighted by molar-refractivity contribution is 5.87. The number of rotatable bonds is 4. The van der Waals surface area contributed by atoms with Crippen LogP contribution in [0.5, 0.6) is 0 Å². The third kappa shape index (κ3) is 2.58. The number of hydrogen-bond acceptors (Lipinski definition) is 2. The van der Waals surface area contributed by atoms with Crippen LogP contribution in [0.3, 0.4) is 0 Å². The van der Waals surface area contributed by atoms with Gasteiger partial charge in [0.1, 0.15) is 5.60 Å². The van der Waals surface area contributed by atoms with Crippen molar-refractivity contribution in [3.05, 3.63) is 0 Å². The molecule has 0 heterocycles. The molecule has 0 atom stereocenters. The van der Waals surface area contributed by atoms with E-state index in [4.69, 9.17) is 11.2 Å². The van der Waals surface area contributed by atoms with Crippen molar-refractivity contribution in [3.8, 4) is 12.3 Å². The first-order valence-electron chi connectivity index (χ1n) is 4.33. The summed E-state index contributed by atoms with van der Waals surface area (Å²) in [5.41, 5.74) is -0.344. The summed E-state index contributed by atoms with van der Waals surface area (Å²) >= 11 is 0. The molecular formula is C10H16O2. The molecule has 0 aliphatic carbocycles. The van der Waals surface area contributed by atoms with Gasteiger partial charge in [-0.15, -0.1) is 6.42 Å². The average molecular weight is 168 g/mol. The van der Waals surface area contributed by atoms with E-state index in [1.54, 1.807) is 0 Å². The van der Waals surface area contributed by atoms with E-state index in [2.05, 4.69) is 0 Å². The normalized spacial score (nSPS) is 10.5. The van der Waals surface area contributed by atoms with E-state index < -0.39 is 5.97 Å². The molecule has 0 amide bonds. The molecule has 0 aliphatic heterocycles. The zero-order valence-corrected chi connectivity index (χ0v) is 8.02. The van der Waals surface area contributed by atoms with Crippen molar-refractivity contribution in [2.75, 3.05) is 0 Å². The average Bonchev–Trinajstić information content (AvgIpc) is 2.14. The lowest BCUT2D eigenvalue weighted by atomic mass is 9.94. The summed E-state index contributed by atoms with van der Waals surface area (Å²) in [4.78, 5) is 10.8. The van der Waals surface area contributed by atoms with Crippen molar-refractivity contribution in [1.82, 2.24) is 0 Å². The maximum Gasteiger partial charge on any atom is 0.384 e. The number of carbonyl (C=O) groups is 1. The van der Waals surface area contributed by atoms with Gasteiger partial charge in [-0.05, 0) is 19.3 Å². The second-order valence-electron chi connectivity index (χ2n) is 2.78. The van der Waals surface area contributed by atoms with E-state index in [-0.39, 0.29) is 5.60 Å². The molecule has 2 heteroatoms. The Morgan fingerprint density at radius 2 is 1.75 bits per heavy atom. The Kier molecular flexibility index (Phi) is 4.43. The van der Waals surface area contributed by atoms with Gasteiger partial charge in [-0.2, -0.15) is 0 Å². The Bertz CT molecular complexity index is 176. The van der Waals surface area contributed by atoms with Crippen LogP contribution in [0.4, 0.5) is 0 Å². The summed E-state index contributed by atoms with van der Waals surface area (Å²) in [6.45, 7) is 5.99. The molecule has 0 spiro atoms. The standard InChI is InChI=1S/C10H16O2/c1-5-9(11)12-10(6-2,7-3)8-4/h1H,6-8H2,2-4H3. The minimum atomic E-state index is -0.555. The molecular weight excluding hydrogens is 152 g/mol. The lowest BCUT2D eigenvalue weighted by Gasteiger charge is -2.29. The van der Waals surface area contributed by atoms with Gasteiger partial charge in [-0.1, -0.05) is 20.8 Å². The van der Waals surface area contributed by atoms with Crippen LogP contribution in [0.25, 0.3) is 0 Å². The topological polar surface area (TPSA) is 26.3 Å².